The van der Waals surface area contributed by atoms with Gasteiger partial charge in [-0.3, -0.25) is 19.4 Å². The predicted molar refractivity (Wildman–Crippen MR) is 97.3 cm³/mol. The number of carbonyl (C=O) groups is 2. The number of pyridine rings is 1. The number of aromatic nitrogens is 1. The van der Waals surface area contributed by atoms with E-state index in [0.29, 0.717) is 23.4 Å². The minimum absolute atomic E-state index is 0.142. The van der Waals surface area contributed by atoms with Crippen LogP contribution >= 0.6 is 0 Å². The van der Waals surface area contributed by atoms with Crippen LogP contribution in [0.2, 0.25) is 0 Å². The first-order valence-corrected chi connectivity index (χ1v) is 8.32. The molecule has 8 heteroatoms. The van der Waals surface area contributed by atoms with Gasteiger partial charge in [0.1, 0.15) is 5.75 Å². The number of carbonyl (C=O) groups excluding carboxylic acids is 2. The van der Waals surface area contributed by atoms with E-state index >= 15 is 0 Å². The number of ether oxygens (including phenoxy) is 1. The maximum Gasteiger partial charge on any atom is 0.272 e. The highest BCUT2D eigenvalue weighted by atomic mass is 16.5. The number of hydrogen-bond acceptors (Lipinski definition) is 6. The van der Waals surface area contributed by atoms with Crippen LogP contribution in [0.15, 0.2) is 29.1 Å². The summed E-state index contributed by atoms with van der Waals surface area (Å²) < 4.78 is 5.55. The molecule has 2 N–H and O–H groups in total. The molecule has 2 aliphatic heterocycles. The van der Waals surface area contributed by atoms with Crippen LogP contribution in [0.5, 0.6) is 5.75 Å². The molecule has 8 nitrogen and oxygen atoms in total. The number of benzene rings is 1. The quantitative estimate of drug-likeness (QED) is 0.804. The molecule has 2 aromatic rings. The number of imide groups is 1. The zero-order valence-corrected chi connectivity index (χ0v) is 14.5. The smallest absolute Gasteiger partial charge is 0.272 e. The maximum absolute atomic E-state index is 12.4. The molecule has 0 fully saturated rings. The molecule has 0 unspecified atom stereocenters. The molecule has 4 rings (SSSR count). The Kier molecular flexibility index (Phi) is 3.68. The van der Waals surface area contributed by atoms with E-state index in [1.807, 2.05) is 0 Å². The third-order valence-electron chi connectivity index (χ3n) is 4.75. The number of hydrogen-bond donors (Lipinski definition) is 2. The third kappa shape index (κ3) is 2.33. The Balaban J connectivity index is 1.90. The zero-order chi connectivity index (χ0) is 18.4. The number of anilines is 2. The van der Waals surface area contributed by atoms with E-state index < -0.39 is 11.8 Å². The molecule has 0 spiro atoms. The van der Waals surface area contributed by atoms with Crippen molar-refractivity contribution in [3.8, 4) is 5.75 Å². The monoisotopic (exact) mass is 354 g/mol. The Morgan fingerprint density at radius 2 is 1.88 bits per heavy atom. The molecule has 134 valence electrons. The molecule has 26 heavy (non-hydrogen) atoms. The van der Waals surface area contributed by atoms with Gasteiger partial charge in [-0.2, -0.15) is 5.01 Å². The lowest BCUT2D eigenvalue weighted by molar-refractivity contribution is -0.137. The first kappa shape index (κ1) is 16.2. The fraction of sp³-hybridized carbons (Fsp3) is 0.278. The lowest BCUT2D eigenvalue weighted by atomic mass is 10.0. The second-order valence-electron chi connectivity index (χ2n) is 6.25. The van der Waals surface area contributed by atoms with Gasteiger partial charge in [0.25, 0.3) is 17.4 Å². The molecule has 0 bridgehead atoms. The van der Waals surface area contributed by atoms with Crippen LogP contribution < -0.4 is 20.6 Å². The third-order valence-corrected chi connectivity index (χ3v) is 4.75. The average Bonchev–Trinajstić information content (AvgIpc) is 2.98. The molecule has 0 radical (unpaired) electrons. The second kappa shape index (κ2) is 5.91. The Labute approximate surface area is 149 Å². The van der Waals surface area contributed by atoms with Crippen LogP contribution in [0.4, 0.5) is 11.4 Å². The Morgan fingerprint density at radius 3 is 2.58 bits per heavy atom. The van der Waals surface area contributed by atoms with E-state index in [1.54, 1.807) is 26.3 Å². The van der Waals surface area contributed by atoms with E-state index in [9.17, 15) is 14.4 Å². The minimum atomic E-state index is -0.419. The molecule has 3 heterocycles. The van der Waals surface area contributed by atoms with E-state index in [1.165, 1.54) is 17.2 Å². The second-order valence-corrected chi connectivity index (χ2v) is 6.25. The van der Waals surface area contributed by atoms with Crippen LogP contribution in [0.3, 0.4) is 0 Å². The number of amides is 2. The first-order chi connectivity index (χ1) is 12.5. The van der Waals surface area contributed by atoms with Gasteiger partial charge in [-0.1, -0.05) is 0 Å². The van der Waals surface area contributed by atoms with Gasteiger partial charge in [0.05, 0.1) is 29.4 Å². The molecule has 2 amide bonds. The van der Waals surface area contributed by atoms with Crippen molar-refractivity contribution in [2.24, 2.45) is 0 Å². The predicted octanol–water partition coefficient (Wildman–Crippen LogP) is 1.17. The normalized spacial score (nSPS) is 16.0. The van der Waals surface area contributed by atoms with Gasteiger partial charge in [0.2, 0.25) is 0 Å². The highest BCUT2D eigenvalue weighted by molar-refractivity contribution is 6.14. The first-order valence-electron chi connectivity index (χ1n) is 8.32. The summed E-state index contributed by atoms with van der Waals surface area (Å²) in [7, 11) is 3.16. The van der Waals surface area contributed by atoms with Gasteiger partial charge >= 0.3 is 0 Å². The minimum Gasteiger partial charge on any atom is -0.496 e. The largest absolute Gasteiger partial charge is 0.496 e. The van der Waals surface area contributed by atoms with Crippen LogP contribution in [0, 0.1) is 0 Å². The molecular formula is C18H18N4O4. The fourth-order valence-corrected chi connectivity index (χ4v) is 3.48. The SMILES string of the molecule is COc1cc(N(C)N2C(=O)C=CC2=O)cc2[nH]c(=O)c3c(c12)NCCC3. The molecule has 0 saturated carbocycles. The summed E-state index contributed by atoms with van der Waals surface area (Å²) >= 11 is 0. The van der Waals surface area contributed by atoms with Crippen molar-refractivity contribution in [3.63, 3.8) is 0 Å². The van der Waals surface area contributed by atoms with Gasteiger partial charge in [-0.15, -0.1) is 0 Å². The van der Waals surface area contributed by atoms with Crippen LogP contribution in [0.25, 0.3) is 10.9 Å². The molecule has 0 saturated heterocycles. The topological polar surface area (TPSA) is 94.7 Å². The van der Waals surface area contributed by atoms with Crippen LogP contribution in [0.1, 0.15) is 12.0 Å². The number of hydrazine groups is 1. The van der Waals surface area contributed by atoms with Gasteiger partial charge < -0.3 is 15.0 Å². The zero-order valence-electron chi connectivity index (χ0n) is 14.5. The summed E-state index contributed by atoms with van der Waals surface area (Å²) in [5.74, 6) is -0.285. The van der Waals surface area contributed by atoms with Gasteiger partial charge in [0, 0.05) is 37.4 Å². The number of nitrogens with one attached hydrogen (secondary N) is 2. The lowest BCUT2D eigenvalue weighted by Gasteiger charge is -2.29. The average molecular weight is 354 g/mol. The molecule has 0 aliphatic carbocycles. The van der Waals surface area contributed by atoms with Crippen LogP contribution in [-0.2, 0) is 16.0 Å². The highest BCUT2D eigenvalue weighted by Gasteiger charge is 2.29. The number of methoxy groups -OCH3 is 1. The molecule has 1 aromatic carbocycles. The number of aromatic amines is 1. The summed E-state index contributed by atoms with van der Waals surface area (Å²) in [6.07, 6.45) is 4.05. The molecule has 1 aromatic heterocycles. The Bertz CT molecular complexity index is 1010. The summed E-state index contributed by atoms with van der Waals surface area (Å²) in [4.78, 5) is 39.2. The van der Waals surface area contributed by atoms with Crippen molar-refractivity contribution in [2.75, 3.05) is 31.0 Å². The lowest BCUT2D eigenvalue weighted by Crippen LogP contribution is -2.44. The summed E-state index contributed by atoms with van der Waals surface area (Å²) in [6, 6.07) is 3.48. The number of fused-ring (bicyclic) bond motifs is 3. The van der Waals surface area contributed by atoms with Gasteiger partial charge in [-0.25, -0.2) is 0 Å². The van der Waals surface area contributed by atoms with Crippen molar-refractivity contribution in [1.29, 1.82) is 0 Å². The van der Waals surface area contributed by atoms with E-state index in [2.05, 4.69) is 10.3 Å². The van der Waals surface area contributed by atoms with Crippen molar-refractivity contribution in [3.05, 3.63) is 40.2 Å². The maximum atomic E-state index is 12.4. The Morgan fingerprint density at radius 1 is 1.15 bits per heavy atom. The molecular weight excluding hydrogens is 336 g/mol. The molecule has 0 atom stereocenters. The summed E-state index contributed by atoms with van der Waals surface area (Å²) in [5, 5.41) is 6.55. The fourth-order valence-electron chi connectivity index (χ4n) is 3.48. The summed E-state index contributed by atoms with van der Waals surface area (Å²) in [6.45, 7) is 0.790. The van der Waals surface area contributed by atoms with Crippen molar-refractivity contribution in [1.82, 2.24) is 9.99 Å². The number of nitrogens with zero attached hydrogens (tertiary/aromatic N) is 2. The van der Waals surface area contributed by atoms with E-state index in [4.69, 9.17) is 4.74 Å². The van der Waals surface area contributed by atoms with Crippen LogP contribution in [-0.4, -0.2) is 42.5 Å². The van der Waals surface area contributed by atoms with Gasteiger partial charge in [0.15, 0.2) is 0 Å². The number of H-pyrrole nitrogens is 1. The van der Waals surface area contributed by atoms with E-state index in [-0.39, 0.29) is 5.56 Å². The summed E-state index contributed by atoms with van der Waals surface area (Å²) in [5.41, 5.74) is 2.49. The van der Waals surface area contributed by atoms with E-state index in [0.717, 1.165) is 34.6 Å². The van der Waals surface area contributed by atoms with Gasteiger partial charge in [-0.05, 0) is 18.9 Å². The molecule has 2 aliphatic rings. The van der Waals surface area contributed by atoms with Crippen molar-refractivity contribution < 1.29 is 14.3 Å². The standard InChI is InChI=1S/C18H18N4O4/c1-21(22-14(23)5-6-15(22)24)10-8-12-16(13(9-10)26-2)17-11(18(25)20-12)4-3-7-19-17/h5-6,8-9,19H,3-4,7H2,1-2H3,(H,20,25). The van der Waals surface area contributed by atoms with Crippen molar-refractivity contribution in [2.45, 2.75) is 12.8 Å². The number of rotatable bonds is 3. The van der Waals surface area contributed by atoms with Crippen molar-refractivity contribution >= 4 is 34.1 Å². The Hall–Kier alpha value is -3.29. The highest BCUT2D eigenvalue weighted by Crippen LogP contribution is 2.37.